The van der Waals surface area contributed by atoms with Crippen LogP contribution in [0.1, 0.15) is 24.0 Å². The molecular weight excluding hydrogens is 298 g/mol. The summed E-state index contributed by atoms with van der Waals surface area (Å²) in [6, 6.07) is 9.88. The van der Waals surface area contributed by atoms with E-state index in [-0.39, 0.29) is 5.88 Å². The van der Waals surface area contributed by atoms with Crippen molar-refractivity contribution < 1.29 is 5.11 Å². The third kappa shape index (κ3) is 1.92. The number of nitrogens with one attached hydrogen (secondary N) is 1. The lowest BCUT2D eigenvalue weighted by molar-refractivity contribution is 0.453. The second kappa shape index (κ2) is 5.06. The van der Waals surface area contributed by atoms with Crippen LogP contribution in [0.2, 0.25) is 0 Å². The van der Waals surface area contributed by atoms with Gasteiger partial charge in [0.15, 0.2) is 0 Å². The summed E-state index contributed by atoms with van der Waals surface area (Å²) < 4.78 is 0. The largest absolute Gasteiger partial charge is 0.493 e. The zero-order chi connectivity index (χ0) is 16.1. The highest BCUT2D eigenvalue weighted by molar-refractivity contribution is 6.08. The van der Waals surface area contributed by atoms with Gasteiger partial charge in [-0.15, -0.1) is 0 Å². The minimum Gasteiger partial charge on any atom is -0.493 e. The van der Waals surface area contributed by atoms with Gasteiger partial charge < -0.3 is 10.1 Å². The van der Waals surface area contributed by atoms with Crippen molar-refractivity contribution >= 4 is 21.8 Å². The molecule has 5 rings (SSSR count). The Hall–Kier alpha value is -2.88. The fourth-order valence-electron chi connectivity index (χ4n) is 3.93. The predicted octanol–water partition coefficient (Wildman–Crippen LogP) is 4.36. The summed E-state index contributed by atoms with van der Waals surface area (Å²) in [5, 5.41) is 12.0. The number of pyridine rings is 2. The Morgan fingerprint density at radius 2 is 1.83 bits per heavy atom. The number of hydrogen-bond donors (Lipinski definition) is 2. The summed E-state index contributed by atoms with van der Waals surface area (Å²) in [6.07, 6.45) is 8.28. The van der Waals surface area contributed by atoms with Gasteiger partial charge in [-0.2, -0.15) is 0 Å². The van der Waals surface area contributed by atoms with Gasteiger partial charge in [-0.1, -0.05) is 0 Å². The molecule has 3 heterocycles. The van der Waals surface area contributed by atoms with Crippen LogP contribution >= 0.6 is 0 Å². The monoisotopic (exact) mass is 315 g/mol. The first kappa shape index (κ1) is 13.5. The molecule has 0 unspecified atom stereocenters. The molecule has 0 fully saturated rings. The summed E-state index contributed by atoms with van der Waals surface area (Å²) >= 11 is 0. The van der Waals surface area contributed by atoms with Crippen molar-refractivity contribution in [3.05, 3.63) is 53.9 Å². The summed E-state index contributed by atoms with van der Waals surface area (Å²) in [4.78, 5) is 12.3. The molecule has 3 aromatic heterocycles. The first-order valence-electron chi connectivity index (χ1n) is 8.38. The van der Waals surface area contributed by atoms with E-state index in [1.165, 1.54) is 34.7 Å². The number of benzene rings is 1. The normalized spacial score (nSPS) is 14.2. The van der Waals surface area contributed by atoms with E-state index >= 15 is 0 Å². The zero-order valence-corrected chi connectivity index (χ0v) is 13.2. The lowest BCUT2D eigenvalue weighted by Crippen LogP contribution is -2.08. The number of aryl methyl sites for hydroxylation is 1. The fourth-order valence-corrected chi connectivity index (χ4v) is 3.93. The third-order valence-electron chi connectivity index (χ3n) is 5.02. The molecule has 4 aromatic rings. The van der Waals surface area contributed by atoms with Gasteiger partial charge in [0.2, 0.25) is 5.88 Å². The summed E-state index contributed by atoms with van der Waals surface area (Å²) in [7, 11) is 0. The lowest BCUT2D eigenvalue weighted by atomic mass is 9.85. The van der Waals surface area contributed by atoms with Crippen LogP contribution in [0.4, 0.5) is 0 Å². The highest BCUT2D eigenvalue weighted by Gasteiger charge is 2.21. The number of aromatic hydroxyl groups is 1. The van der Waals surface area contributed by atoms with Crippen LogP contribution in [0.15, 0.2) is 42.7 Å². The number of hydrogen-bond acceptors (Lipinski definition) is 3. The molecule has 1 aromatic carbocycles. The van der Waals surface area contributed by atoms with Crippen molar-refractivity contribution in [2.24, 2.45) is 0 Å². The maximum Gasteiger partial charge on any atom is 0.210 e. The summed E-state index contributed by atoms with van der Waals surface area (Å²) in [5.41, 5.74) is 6.96. The smallest absolute Gasteiger partial charge is 0.210 e. The van der Waals surface area contributed by atoms with Crippen molar-refractivity contribution in [3.63, 3.8) is 0 Å². The highest BCUT2D eigenvalue weighted by Crippen LogP contribution is 2.37. The Morgan fingerprint density at radius 3 is 2.67 bits per heavy atom. The van der Waals surface area contributed by atoms with Gasteiger partial charge >= 0.3 is 0 Å². The van der Waals surface area contributed by atoms with Crippen LogP contribution in [-0.4, -0.2) is 20.1 Å². The molecule has 0 aliphatic heterocycles. The molecule has 0 amide bonds. The minimum atomic E-state index is 0.0439. The molecule has 1 aliphatic rings. The SMILES string of the molecule is Oc1ccc(-c2nc3ccc4[nH]ccc4c3c3c2CCCC3)cn1. The quantitative estimate of drug-likeness (QED) is 0.548. The topological polar surface area (TPSA) is 61.8 Å². The highest BCUT2D eigenvalue weighted by atomic mass is 16.3. The van der Waals surface area contributed by atoms with Crippen LogP contribution in [0.5, 0.6) is 5.88 Å². The summed E-state index contributed by atoms with van der Waals surface area (Å²) in [6.45, 7) is 0. The molecule has 0 atom stereocenters. The summed E-state index contributed by atoms with van der Waals surface area (Å²) in [5.74, 6) is 0.0439. The Bertz CT molecular complexity index is 1060. The molecule has 4 heteroatoms. The van der Waals surface area contributed by atoms with Crippen molar-refractivity contribution in [1.29, 1.82) is 0 Å². The van der Waals surface area contributed by atoms with E-state index < -0.39 is 0 Å². The first-order valence-corrected chi connectivity index (χ1v) is 8.38. The average Bonchev–Trinajstić information content (AvgIpc) is 3.10. The van der Waals surface area contributed by atoms with E-state index in [4.69, 9.17) is 4.98 Å². The van der Waals surface area contributed by atoms with Gasteiger partial charge in [0.25, 0.3) is 0 Å². The Balaban J connectivity index is 1.88. The number of nitrogens with zero attached hydrogens (tertiary/aromatic N) is 2. The molecule has 4 nitrogen and oxygen atoms in total. The molecule has 0 saturated heterocycles. The molecule has 118 valence electrons. The zero-order valence-electron chi connectivity index (χ0n) is 13.2. The van der Waals surface area contributed by atoms with Gasteiger partial charge in [-0.3, -0.25) is 0 Å². The van der Waals surface area contributed by atoms with Gasteiger partial charge in [0.1, 0.15) is 0 Å². The predicted molar refractivity (Wildman–Crippen MR) is 95.1 cm³/mol. The van der Waals surface area contributed by atoms with E-state index in [9.17, 15) is 5.11 Å². The number of fused-ring (bicyclic) bond motifs is 5. The van der Waals surface area contributed by atoms with Gasteiger partial charge in [-0.05, 0) is 61.1 Å². The van der Waals surface area contributed by atoms with E-state index in [0.29, 0.717) is 0 Å². The molecule has 0 radical (unpaired) electrons. The maximum absolute atomic E-state index is 9.47. The fraction of sp³-hybridized carbons (Fsp3) is 0.200. The molecule has 2 N–H and O–H groups in total. The van der Waals surface area contributed by atoms with Crippen LogP contribution in [0, 0.1) is 0 Å². The van der Waals surface area contributed by atoms with Crippen molar-refractivity contribution in [2.75, 3.05) is 0 Å². The van der Waals surface area contributed by atoms with Gasteiger partial charge in [0, 0.05) is 40.3 Å². The van der Waals surface area contributed by atoms with Crippen LogP contribution < -0.4 is 0 Å². The van der Waals surface area contributed by atoms with E-state index in [0.717, 1.165) is 35.1 Å². The lowest BCUT2D eigenvalue weighted by Gasteiger charge is -2.21. The van der Waals surface area contributed by atoms with Gasteiger partial charge in [0.05, 0.1) is 11.2 Å². The molecule has 24 heavy (non-hydrogen) atoms. The van der Waals surface area contributed by atoms with E-state index in [1.54, 1.807) is 12.3 Å². The average molecular weight is 315 g/mol. The van der Waals surface area contributed by atoms with Crippen molar-refractivity contribution in [1.82, 2.24) is 15.0 Å². The van der Waals surface area contributed by atoms with E-state index in [1.807, 2.05) is 12.3 Å². The number of aromatic amines is 1. The minimum absolute atomic E-state index is 0.0439. The second-order valence-electron chi connectivity index (χ2n) is 6.43. The molecule has 1 aliphatic carbocycles. The third-order valence-corrected chi connectivity index (χ3v) is 5.02. The van der Waals surface area contributed by atoms with Crippen LogP contribution in [0.25, 0.3) is 33.1 Å². The second-order valence-corrected chi connectivity index (χ2v) is 6.43. The van der Waals surface area contributed by atoms with Crippen LogP contribution in [0.3, 0.4) is 0 Å². The van der Waals surface area contributed by atoms with Gasteiger partial charge in [-0.25, -0.2) is 9.97 Å². The number of rotatable bonds is 1. The molecule has 0 saturated carbocycles. The standard InChI is InChI=1S/C20H17N3O/c24-18-8-5-12(11-22-18)20-14-4-2-1-3-13(14)19-15-9-10-21-16(15)6-7-17(19)23-20/h5-11,21H,1-4H2,(H,22,24). The molecule has 0 spiro atoms. The Labute approximate surface area is 139 Å². The first-order chi connectivity index (χ1) is 11.8. The maximum atomic E-state index is 9.47. The molecular formula is C20H17N3O. The molecule has 0 bridgehead atoms. The Morgan fingerprint density at radius 1 is 0.958 bits per heavy atom. The van der Waals surface area contributed by atoms with Crippen molar-refractivity contribution in [2.45, 2.75) is 25.7 Å². The Kier molecular flexibility index (Phi) is 2.86. The number of H-pyrrole nitrogens is 1. The van der Waals surface area contributed by atoms with Crippen molar-refractivity contribution in [3.8, 4) is 17.1 Å². The van der Waals surface area contributed by atoms with Crippen LogP contribution in [-0.2, 0) is 12.8 Å². The number of aromatic nitrogens is 3. The van der Waals surface area contributed by atoms with E-state index in [2.05, 4.69) is 28.2 Å².